The van der Waals surface area contributed by atoms with Crippen molar-refractivity contribution in [2.45, 2.75) is 45.1 Å². The Balaban J connectivity index is 1.46. The number of hydrogen-bond acceptors (Lipinski definition) is 5. The quantitative estimate of drug-likeness (QED) is 0.266. The van der Waals surface area contributed by atoms with E-state index in [2.05, 4.69) is 20.8 Å². The minimum atomic E-state index is -0.117. The Hall–Kier alpha value is -3.76. The van der Waals surface area contributed by atoms with Crippen LogP contribution in [0.25, 0.3) is 22.6 Å². The summed E-state index contributed by atoms with van der Waals surface area (Å²) in [4.78, 5) is 35.5. The van der Waals surface area contributed by atoms with Gasteiger partial charge in [-0.15, -0.1) is 17.8 Å². The molecular weight excluding hydrogens is 456 g/mol. The molecule has 1 saturated carbocycles. The number of Topliss-reactive ketones (excluding diaryl/α,β-unsaturated/α-hetero) is 1. The van der Waals surface area contributed by atoms with Gasteiger partial charge in [-0.25, -0.2) is 4.98 Å². The molecule has 4 aromatic rings. The van der Waals surface area contributed by atoms with E-state index >= 15 is 0 Å². The molecule has 1 amide bonds. The average molecular weight is 483 g/mol. The number of carbonyl (C=O) groups is 2. The van der Waals surface area contributed by atoms with E-state index in [0.29, 0.717) is 12.3 Å². The SMILES string of the molecule is C#Cc1ccc(C(=O)C[C@@H]2CCC[C@H](n3c(-c4ccccn4)nc4cc(NC(C)=O)ccc43)C2)s1. The summed E-state index contributed by atoms with van der Waals surface area (Å²) in [5, 5.41) is 2.84. The molecule has 7 heteroatoms. The Morgan fingerprint density at radius 3 is 2.83 bits per heavy atom. The van der Waals surface area contributed by atoms with Crippen LogP contribution < -0.4 is 5.32 Å². The number of pyridine rings is 1. The van der Waals surface area contributed by atoms with Crippen LogP contribution in [-0.4, -0.2) is 26.2 Å². The summed E-state index contributed by atoms with van der Waals surface area (Å²) >= 11 is 1.40. The van der Waals surface area contributed by atoms with E-state index in [1.807, 2.05) is 48.5 Å². The maximum atomic E-state index is 12.9. The third kappa shape index (κ3) is 4.89. The molecule has 6 nitrogen and oxygen atoms in total. The summed E-state index contributed by atoms with van der Waals surface area (Å²) < 4.78 is 2.29. The number of nitrogens with zero attached hydrogens (tertiary/aromatic N) is 3. The maximum absolute atomic E-state index is 12.9. The number of rotatable bonds is 6. The van der Waals surface area contributed by atoms with Gasteiger partial charge in [-0.05, 0) is 67.6 Å². The molecule has 176 valence electrons. The lowest BCUT2D eigenvalue weighted by Gasteiger charge is -2.31. The van der Waals surface area contributed by atoms with Crippen molar-refractivity contribution in [3.8, 4) is 23.9 Å². The molecule has 1 aliphatic carbocycles. The molecule has 3 aromatic heterocycles. The monoisotopic (exact) mass is 482 g/mol. The molecule has 35 heavy (non-hydrogen) atoms. The van der Waals surface area contributed by atoms with E-state index in [1.165, 1.54) is 18.3 Å². The molecule has 0 bridgehead atoms. The predicted molar refractivity (Wildman–Crippen MR) is 139 cm³/mol. The van der Waals surface area contributed by atoms with Crippen molar-refractivity contribution < 1.29 is 9.59 Å². The first kappa shape index (κ1) is 23.0. The number of ketones is 1. The molecule has 0 spiro atoms. The summed E-state index contributed by atoms with van der Waals surface area (Å²) in [6.07, 6.45) is 11.8. The Bertz CT molecular complexity index is 1430. The smallest absolute Gasteiger partial charge is 0.221 e. The van der Waals surface area contributed by atoms with E-state index in [4.69, 9.17) is 11.4 Å². The van der Waals surface area contributed by atoms with Crippen LogP contribution in [-0.2, 0) is 4.79 Å². The topological polar surface area (TPSA) is 76.9 Å². The highest BCUT2D eigenvalue weighted by Crippen LogP contribution is 2.40. The number of benzene rings is 1. The van der Waals surface area contributed by atoms with Gasteiger partial charge in [-0.1, -0.05) is 18.4 Å². The lowest BCUT2D eigenvalue weighted by atomic mass is 9.82. The summed E-state index contributed by atoms with van der Waals surface area (Å²) in [5.41, 5.74) is 3.35. The van der Waals surface area contributed by atoms with Gasteiger partial charge < -0.3 is 9.88 Å². The predicted octanol–water partition coefficient (Wildman–Crippen LogP) is 6.10. The Kier molecular flexibility index (Phi) is 6.47. The third-order valence-electron chi connectivity index (χ3n) is 6.52. The van der Waals surface area contributed by atoms with E-state index in [-0.39, 0.29) is 17.7 Å². The van der Waals surface area contributed by atoms with Crippen molar-refractivity contribution >= 4 is 39.7 Å². The fourth-order valence-electron chi connectivity index (χ4n) is 5.04. The number of terminal acetylenes is 1. The molecule has 0 saturated heterocycles. The van der Waals surface area contributed by atoms with Crippen molar-refractivity contribution in [3.63, 3.8) is 0 Å². The van der Waals surface area contributed by atoms with Gasteiger partial charge in [0.25, 0.3) is 0 Å². The van der Waals surface area contributed by atoms with E-state index in [9.17, 15) is 9.59 Å². The summed E-state index contributed by atoms with van der Waals surface area (Å²) in [5.74, 6) is 3.77. The minimum Gasteiger partial charge on any atom is -0.326 e. The highest BCUT2D eigenvalue weighted by molar-refractivity contribution is 7.14. The Labute approximate surface area is 208 Å². The number of aromatic nitrogens is 3. The number of amides is 1. The molecule has 5 rings (SSSR count). The highest BCUT2D eigenvalue weighted by Gasteiger charge is 2.29. The van der Waals surface area contributed by atoms with Gasteiger partial charge in [-0.2, -0.15) is 0 Å². The standard InChI is InChI=1S/C28H26N4O2S/c1-3-22-11-13-27(35-22)26(34)16-19-7-6-8-21(15-19)32-25-12-10-20(30-18(2)33)17-24(25)31-28(32)23-9-4-5-14-29-23/h1,4-5,9-14,17,19,21H,6-8,15-16H2,2H3,(H,30,33)/t19-,21+/m1/s1. The average Bonchev–Trinajstić information content (AvgIpc) is 3.49. The number of imidazole rings is 1. The second-order valence-electron chi connectivity index (χ2n) is 9.03. The summed E-state index contributed by atoms with van der Waals surface area (Å²) in [7, 11) is 0. The van der Waals surface area contributed by atoms with Crippen LogP contribution in [0.4, 0.5) is 5.69 Å². The van der Waals surface area contributed by atoms with Crippen LogP contribution in [0.1, 0.15) is 59.6 Å². The van der Waals surface area contributed by atoms with Crippen molar-refractivity contribution in [1.82, 2.24) is 14.5 Å². The molecule has 0 unspecified atom stereocenters. The minimum absolute atomic E-state index is 0.117. The molecule has 3 heterocycles. The first-order valence-electron chi connectivity index (χ1n) is 11.8. The van der Waals surface area contributed by atoms with Gasteiger partial charge in [0.15, 0.2) is 11.6 Å². The fraction of sp³-hybridized carbons (Fsp3) is 0.286. The van der Waals surface area contributed by atoms with Crippen molar-refractivity contribution in [3.05, 3.63) is 64.5 Å². The second-order valence-corrected chi connectivity index (χ2v) is 10.1. The van der Waals surface area contributed by atoms with Crippen LogP contribution in [0.2, 0.25) is 0 Å². The zero-order valence-corrected chi connectivity index (χ0v) is 20.3. The van der Waals surface area contributed by atoms with Crippen molar-refractivity contribution in [2.24, 2.45) is 5.92 Å². The van der Waals surface area contributed by atoms with Gasteiger partial charge in [0.05, 0.1) is 20.8 Å². The number of carbonyl (C=O) groups excluding carboxylic acids is 2. The first-order chi connectivity index (χ1) is 17.0. The molecule has 0 radical (unpaired) electrons. The van der Waals surface area contributed by atoms with Crippen LogP contribution in [0.15, 0.2) is 54.7 Å². The summed E-state index contributed by atoms with van der Waals surface area (Å²) in [6.45, 7) is 1.50. The molecule has 1 aliphatic rings. The lowest BCUT2D eigenvalue weighted by molar-refractivity contribution is -0.114. The number of fused-ring (bicyclic) bond motifs is 1. The van der Waals surface area contributed by atoms with Gasteiger partial charge in [-0.3, -0.25) is 14.6 Å². The van der Waals surface area contributed by atoms with Gasteiger partial charge in [0.2, 0.25) is 5.91 Å². The van der Waals surface area contributed by atoms with Crippen LogP contribution >= 0.6 is 11.3 Å². The Morgan fingerprint density at radius 2 is 2.09 bits per heavy atom. The molecule has 2 atom stereocenters. The zero-order valence-electron chi connectivity index (χ0n) is 19.5. The lowest BCUT2D eigenvalue weighted by Crippen LogP contribution is -2.22. The van der Waals surface area contributed by atoms with Crippen molar-refractivity contribution in [2.75, 3.05) is 5.32 Å². The number of anilines is 1. The summed E-state index contributed by atoms with van der Waals surface area (Å²) in [6, 6.07) is 15.5. The second kappa shape index (κ2) is 9.85. The third-order valence-corrected chi connectivity index (χ3v) is 7.58. The van der Waals surface area contributed by atoms with Gasteiger partial charge in [0, 0.05) is 31.3 Å². The molecule has 0 aliphatic heterocycles. The maximum Gasteiger partial charge on any atom is 0.221 e. The number of hydrogen-bond donors (Lipinski definition) is 1. The largest absolute Gasteiger partial charge is 0.326 e. The number of nitrogens with one attached hydrogen (secondary N) is 1. The van der Waals surface area contributed by atoms with Gasteiger partial charge >= 0.3 is 0 Å². The van der Waals surface area contributed by atoms with E-state index < -0.39 is 0 Å². The fourth-order valence-corrected chi connectivity index (χ4v) is 5.80. The van der Waals surface area contributed by atoms with Crippen LogP contribution in [0.3, 0.4) is 0 Å². The first-order valence-corrected chi connectivity index (χ1v) is 12.6. The molecule has 1 fully saturated rings. The van der Waals surface area contributed by atoms with Crippen LogP contribution in [0.5, 0.6) is 0 Å². The molecular formula is C28H26N4O2S. The molecule has 1 N–H and O–H groups in total. The molecule has 1 aromatic carbocycles. The van der Waals surface area contributed by atoms with E-state index in [1.54, 1.807) is 6.20 Å². The normalized spacial score (nSPS) is 17.7. The van der Waals surface area contributed by atoms with Crippen molar-refractivity contribution in [1.29, 1.82) is 0 Å². The zero-order chi connectivity index (χ0) is 24.4. The highest BCUT2D eigenvalue weighted by atomic mass is 32.1. The van der Waals surface area contributed by atoms with E-state index in [0.717, 1.165) is 63.7 Å². The number of thiophene rings is 1. The Morgan fingerprint density at radius 1 is 1.20 bits per heavy atom. The van der Waals surface area contributed by atoms with Gasteiger partial charge in [0.1, 0.15) is 5.69 Å². The van der Waals surface area contributed by atoms with Crippen LogP contribution in [0, 0.1) is 18.3 Å².